The average Bonchev–Trinajstić information content (AvgIpc) is 3.62. The van der Waals surface area contributed by atoms with Gasteiger partial charge < -0.3 is 9.13 Å². The molecule has 0 saturated carbocycles. The molecule has 0 saturated heterocycles. The largest absolute Gasteiger partial charge is 0.335 e. The topological polar surface area (TPSA) is 16.3 Å². The number of para-hydroxylation sites is 2. The van der Waals surface area contributed by atoms with Crippen LogP contribution in [0.25, 0.3) is 28.0 Å². The second-order valence-electron chi connectivity index (χ2n) is 13.9. The van der Waals surface area contributed by atoms with Gasteiger partial charge in [-0.25, -0.2) is 0 Å². The molecule has 0 aliphatic carbocycles. The van der Waals surface area contributed by atoms with E-state index in [2.05, 4.69) is 134 Å². The van der Waals surface area contributed by atoms with E-state index in [1.807, 2.05) is 0 Å². The highest BCUT2D eigenvalue weighted by Crippen LogP contribution is 2.52. The van der Waals surface area contributed by atoms with Crippen molar-refractivity contribution in [1.29, 1.82) is 0 Å². The van der Waals surface area contributed by atoms with E-state index in [-0.39, 0.29) is 0 Å². The summed E-state index contributed by atoms with van der Waals surface area (Å²) in [6.45, 7) is 4.27. The summed E-state index contributed by atoms with van der Waals surface area (Å²) < 4.78 is 5.42. The smallest absolute Gasteiger partial charge is 0.0567 e. The molecule has 0 N–H and O–H groups in total. The average molecular weight is 601 g/mol. The van der Waals surface area contributed by atoms with Gasteiger partial charge in [0.2, 0.25) is 0 Å². The first-order chi connectivity index (χ1) is 22.8. The quantitative estimate of drug-likeness (QED) is 0.196. The fourth-order valence-corrected chi connectivity index (χ4v) is 9.62. The summed E-state index contributed by atoms with van der Waals surface area (Å²) in [5.74, 6) is 0. The third-order valence-corrected chi connectivity index (χ3v) is 11.6. The summed E-state index contributed by atoms with van der Waals surface area (Å²) >= 11 is 0. The van der Waals surface area contributed by atoms with Crippen LogP contribution in [-0.2, 0) is 25.9 Å². The van der Waals surface area contributed by atoms with Gasteiger partial charge in [-0.15, -0.1) is 0 Å². The van der Waals surface area contributed by atoms with E-state index in [0.717, 1.165) is 45.4 Å². The first-order valence-corrected chi connectivity index (χ1v) is 17.3. The van der Waals surface area contributed by atoms with Gasteiger partial charge in [-0.2, -0.15) is 0 Å². The number of benzene rings is 4. The lowest BCUT2D eigenvalue weighted by molar-refractivity contribution is 0.134. The van der Waals surface area contributed by atoms with Gasteiger partial charge in [-0.3, -0.25) is 9.80 Å². The van der Waals surface area contributed by atoms with Crippen LogP contribution in [0.2, 0.25) is 0 Å². The predicted octanol–water partition coefficient (Wildman–Crippen LogP) is 9.07. The Morgan fingerprint density at radius 2 is 1.07 bits per heavy atom. The maximum atomic E-state index is 2.81. The van der Waals surface area contributed by atoms with Crippen molar-refractivity contribution in [3.05, 3.63) is 148 Å². The van der Waals surface area contributed by atoms with Crippen LogP contribution in [0.4, 0.5) is 0 Å². The number of aromatic nitrogens is 2. The van der Waals surface area contributed by atoms with Crippen LogP contribution in [0.5, 0.6) is 0 Å². The minimum absolute atomic E-state index is 0.375. The third kappa shape index (κ3) is 4.06. The van der Waals surface area contributed by atoms with Crippen molar-refractivity contribution < 1.29 is 0 Å². The standard InChI is InChI=1S/C42H40N4/c1-3-11-29(12-4-1)26-43-23-22-35-33-16-8-10-18-38(33)46-36(19-20-39(43)42(35)46)31-25-40-41-34(32-15-7-9-17-37(32)45(41)28-31)21-24-44(40)27-30-13-5-2-6-14-30/h1-18,28,36,39-40H,19-27H2/t36-,39-,40?/m0/s1. The van der Waals surface area contributed by atoms with Crippen LogP contribution in [0, 0.1) is 0 Å². The van der Waals surface area contributed by atoms with Gasteiger partial charge in [-0.05, 0) is 72.1 Å². The molecule has 6 aromatic rings. The van der Waals surface area contributed by atoms with Crippen molar-refractivity contribution in [2.75, 3.05) is 13.1 Å². The molecule has 0 radical (unpaired) electrons. The van der Waals surface area contributed by atoms with Crippen molar-refractivity contribution in [3.63, 3.8) is 0 Å². The van der Waals surface area contributed by atoms with Crippen LogP contribution in [0.3, 0.4) is 0 Å². The number of fused-ring (bicyclic) bond motifs is 6. The fraction of sp³-hybridized carbons (Fsp3) is 0.286. The van der Waals surface area contributed by atoms with E-state index in [9.17, 15) is 0 Å². The fourth-order valence-electron chi connectivity index (χ4n) is 9.62. The van der Waals surface area contributed by atoms with Gasteiger partial charge in [0.15, 0.2) is 0 Å². The van der Waals surface area contributed by atoms with Crippen molar-refractivity contribution in [3.8, 4) is 0 Å². The number of nitrogens with zero attached hydrogens (tertiary/aromatic N) is 4. The van der Waals surface area contributed by atoms with Crippen molar-refractivity contribution in [1.82, 2.24) is 18.9 Å². The maximum Gasteiger partial charge on any atom is 0.0567 e. The molecule has 0 fully saturated rings. The molecule has 228 valence electrons. The first-order valence-electron chi connectivity index (χ1n) is 17.3. The Hall–Kier alpha value is -4.38. The van der Waals surface area contributed by atoms with Gasteiger partial charge in [0.1, 0.15) is 0 Å². The number of hydrogen-bond acceptors (Lipinski definition) is 2. The summed E-state index contributed by atoms with van der Waals surface area (Å²) in [6.07, 6.45) is 8.30. The van der Waals surface area contributed by atoms with Gasteiger partial charge in [0.05, 0.1) is 23.6 Å². The zero-order valence-electron chi connectivity index (χ0n) is 26.4. The Morgan fingerprint density at radius 3 is 1.76 bits per heavy atom. The van der Waals surface area contributed by atoms with Gasteiger partial charge in [0.25, 0.3) is 0 Å². The molecular weight excluding hydrogens is 560 g/mol. The molecule has 4 heteroatoms. The Kier molecular flexibility index (Phi) is 6.17. The monoisotopic (exact) mass is 600 g/mol. The molecular formula is C42H40N4. The Bertz CT molecular complexity index is 2120. The zero-order valence-corrected chi connectivity index (χ0v) is 26.4. The van der Waals surface area contributed by atoms with Crippen LogP contribution in [0.15, 0.2) is 115 Å². The Balaban J connectivity index is 1.10. The van der Waals surface area contributed by atoms with Crippen LogP contribution in [0.1, 0.15) is 71.0 Å². The molecule has 4 aliphatic heterocycles. The van der Waals surface area contributed by atoms with E-state index in [4.69, 9.17) is 0 Å². The maximum absolute atomic E-state index is 2.81. The molecule has 6 heterocycles. The van der Waals surface area contributed by atoms with Gasteiger partial charge >= 0.3 is 0 Å². The van der Waals surface area contributed by atoms with Crippen LogP contribution < -0.4 is 0 Å². The summed E-state index contributed by atoms with van der Waals surface area (Å²) in [5, 5.41) is 2.92. The number of rotatable bonds is 5. The second-order valence-corrected chi connectivity index (χ2v) is 13.9. The molecule has 0 spiro atoms. The highest BCUT2D eigenvalue weighted by Gasteiger charge is 2.42. The molecule has 0 bridgehead atoms. The lowest BCUT2D eigenvalue weighted by Crippen LogP contribution is -2.40. The lowest BCUT2D eigenvalue weighted by atomic mass is 9.83. The molecule has 2 aromatic heterocycles. The van der Waals surface area contributed by atoms with Crippen molar-refractivity contribution in [2.45, 2.75) is 63.3 Å². The van der Waals surface area contributed by atoms with E-state index in [1.165, 1.54) is 51.5 Å². The van der Waals surface area contributed by atoms with Gasteiger partial charge in [0, 0.05) is 60.1 Å². The Morgan fingerprint density at radius 1 is 0.522 bits per heavy atom. The predicted molar refractivity (Wildman–Crippen MR) is 188 cm³/mol. The summed E-state index contributed by atoms with van der Waals surface area (Å²) in [7, 11) is 0. The van der Waals surface area contributed by atoms with Gasteiger partial charge in [-0.1, -0.05) is 97.1 Å². The van der Waals surface area contributed by atoms with Crippen molar-refractivity contribution >= 4 is 28.0 Å². The molecule has 46 heavy (non-hydrogen) atoms. The Labute approximate surface area is 271 Å². The summed E-state index contributed by atoms with van der Waals surface area (Å²) in [4.78, 5) is 5.54. The lowest BCUT2D eigenvalue weighted by Gasteiger charge is -2.45. The zero-order chi connectivity index (χ0) is 30.2. The highest BCUT2D eigenvalue weighted by atomic mass is 15.2. The third-order valence-electron chi connectivity index (χ3n) is 11.6. The minimum atomic E-state index is 0.375. The minimum Gasteiger partial charge on any atom is -0.335 e. The number of hydrogen-bond donors (Lipinski definition) is 0. The van der Waals surface area contributed by atoms with Crippen LogP contribution >= 0.6 is 0 Å². The summed E-state index contributed by atoms with van der Waals surface area (Å²) in [5.41, 5.74) is 13.5. The molecule has 10 rings (SSSR count). The molecule has 4 nitrogen and oxygen atoms in total. The molecule has 3 atom stereocenters. The molecule has 0 amide bonds. The van der Waals surface area contributed by atoms with E-state index in [1.54, 1.807) is 22.4 Å². The highest BCUT2D eigenvalue weighted by molar-refractivity contribution is 5.89. The van der Waals surface area contributed by atoms with Crippen LogP contribution in [-0.4, -0.2) is 32.0 Å². The van der Waals surface area contributed by atoms with E-state index in [0.29, 0.717) is 18.1 Å². The SMILES string of the molecule is C1=C([C@@H]2CC[C@H]3c4c(c5ccccc5n42)CCN3Cc2ccccc2)CC2c3c(c4ccccc4n31)CCN2Cc1ccccc1. The molecule has 4 aliphatic rings. The molecule has 4 aromatic carbocycles. The summed E-state index contributed by atoms with van der Waals surface area (Å²) in [6, 6.07) is 41.9. The van der Waals surface area contributed by atoms with E-state index >= 15 is 0 Å². The van der Waals surface area contributed by atoms with Crippen molar-refractivity contribution in [2.24, 2.45) is 0 Å². The first kappa shape index (κ1) is 26.8. The van der Waals surface area contributed by atoms with E-state index < -0.39 is 0 Å². The second kappa shape index (κ2) is 10.6. The molecule has 1 unspecified atom stereocenters. The normalized spacial score (nSPS) is 22.5.